The highest BCUT2D eigenvalue weighted by molar-refractivity contribution is 5.96. The molecule has 0 saturated carbocycles. The molecular weight excluding hydrogens is 438 g/mol. The van der Waals surface area contributed by atoms with E-state index in [1.807, 2.05) is 24.3 Å². The molecule has 1 amide bonds. The lowest BCUT2D eigenvalue weighted by atomic mass is 9.94. The second-order valence-corrected chi connectivity index (χ2v) is 8.90. The molecule has 6 nitrogen and oxygen atoms in total. The van der Waals surface area contributed by atoms with Crippen LogP contribution in [0.1, 0.15) is 38.1 Å². The average molecular weight is 463 g/mol. The van der Waals surface area contributed by atoms with Crippen molar-refractivity contribution in [1.82, 2.24) is 20.3 Å². The van der Waals surface area contributed by atoms with Gasteiger partial charge in [-0.3, -0.25) is 4.98 Å². The number of benzene rings is 2. The van der Waals surface area contributed by atoms with Gasteiger partial charge in [0, 0.05) is 35.6 Å². The highest BCUT2D eigenvalue weighted by Crippen LogP contribution is 2.33. The minimum absolute atomic E-state index is 0.0876. The number of fused-ring (bicyclic) bond motifs is 1. The van der Waals surface area contributed by atoms with Gasteiger partial charge in [0.2, 0.25) is 0 Å². The number of carbonyl (C=O) groups excluding carboxylic acids is 1. The summed E-state index contributed by atoms with van der Waals surface area (Å²) in [7, 11) is 0. The number of carbonyl (C=O) groups is 1. The molecule has 4 aromatic rings. The summed E-state index contributed by atoms with van der Waals surface area (Å²) in [5.41, 5.74) is 1.66. The molecule has 8 heteroatoms. The van der Waals surface area contributed by atoms with Crippen LogP contribution >= 0.6 is 0 Å². The predicted octanol–water partition coefficient (Wildman–Crippen LogP) is 5.78. The lowest BCUT2D eigenvalue weighted by molar-refractivity contribution is 0.0502. The van der Waals surface area contributed by atoms with E-state index >= 15 is 0 Å². The normalized spacial score (nSPS) is 12.4. The summed E-state index contributed by atoms with van der Waals surface area (Å²) in [5, 5.41) is 4.69. The Morgan fingerprint density at radius 3 is 2.53 bits per heavy atom. The van der Waals surface area contributed by atoms with Gasteiger partial charge >= 0.3 is 6.09 Å². The zero-order chi connectivity index (χ0) is 24.3. The molecule has 174 valence electrons. The standard InChI is InChI=1S/C26H24F2N4O2/c1-26(2,3)34-25(33)32-23(11-16-9-18(27)12-19(28)10-16)24-22(14-30-15-31-24)21-6-4-5-17-13-29-8-7-20(17)21/h4-10,12-15,23H,11H2,1-3H3,(H,32,33). The van der Waals surface area contributed by atoms with Crippen LogP contribution in [0.25, 0.3) is 21.9 Å². The number of nitrogens with zero attached hydrogens (tertiary/aromatic N) is 3. The predicted molar refractivity (Wildman–Crippen MR) is 125 cm³/mol. The van der Waals surface area contributed by atoms with Crippen LogP contribution in [0.15, 0.2) is 67.4 Å². The number of ether oxygens (including phenoxy) is 1. The lowest BCUT2D eigenvalue weighted by Crippen LogP contribution is -2.36. The minimum atomic E-state index is -0.744. The van der Waals surface area contributed by atoms with Crippen molar-refractivity contribution in [3.05, 3.63) is 90.3 Å². The molecule has 0 bridgehead atoms. The van der Waals surface area contributed by atoms with Crippen molar-refractivity contribution in [2.75, 3.05) is 0 Å². The summed E-state index contributed by atoms with van der Waals surface area (Å²) < 4.78 is 33.2. The average Bonchev–Trinajstić information content (AvgIpc) is 2.76. The molecule has 4 rings (SSSR count). The SMILES string of the molecule is CC(C)(C)OC(=O)NC(Cc1cc(F)cc(F)c1)c1ncncc1-c1cccc2cnccc12. The third kappa shape index (κ3) is 5.51. The number of nitrogens with one attached hydrogen (secondary N) is 1. The van der Waals surface area contributed by atoms with Gasteiger partial charge in [0.1, 0.15) is 23.6 Å². The van der Waals surface area contributed by atoms with Crippen LogP contribution < -0.4 is 5.32 Å². The first-order valence-electron chi connectivity index (χ1n) is 10.8. The molecule has 0 radical (unpaired) electrons. The minimum Gasteiger partial charge on any atom is -0.444 e. The molecule has 0 saturated heterocycles. The Labute approximate surface area is 196 Å². The Morgan fingerprint density at radius 1 is 1.03 bits per heavy atom. The number of hydrogen-bond donors (Lipinski definition) is 1. The summed E-state index contributed by atoms with van der Waals surface area (Å²) in [5.74, 6) is -1.40. The maximum absolute atomic E-state index is 13.9. The van der Waals surface area contributed by atoms with Gasteiger partial charge in [-0.25, -0.2) is 23.5 Å². The van der Waals surface area contributed by atoms with Crippen LogP contribution in [0.3, 0.4) is 0 Å². The van der Waals surface area contributed by atoms with E-state index in [4.69, 9.17) is 4.74 Å². The van der Waals surface area contributed by atoms with Crippen molar-refractivity contribution in [1.29, 1.82) is 0 Å². The Hall–Kier alpha value is -3.94. The van der Waals surface area contributed by atoms with E-state index in [9.17, 15) is 13.6 Å². The van der Waals surface area contributed by atoms with E-state index in [2.05, 4.69) is 20.3 Å². The number of pyridine rings is 1. The van der Waals surface area contributed by atoms with Crippen molar-refractivity contribution in [2.45, 2.75) is 38.8 Å². The number of halogens is 2. The molecule has 0 fully saturated rings. The van der Waals surface area contributed by atoms with Gasteiger partial charge in [0.25, 0.3) is 0 Å². The van der Waals surface area contributed by atoms with Crippen molar-refractivity contribution < 1.29 is 18.3 Å². The van der Waals surface area contributed by atoms with E-state index in [-0.39, 0.29) is 6.42 Å². The fourth-order valence-corrected chi connectivity index (χ4v) is 3.81. The van der Waals surface area contributed by atoms with Crippen molar-refractivity contribution in [3.63, 3.8) is 0 Å². The lowest BCUT2D eigenvalue weighted by Gasteiger charge is -2.25. The quantitative estimate of drug-likeness (QED) is 0.407. The van der Waals surface area contributed by atoms with Gasteiger partial charge < -0.3 is 10.1 Å². The first-order chi connectivity index (χ1) is 16.2. The van der Waals surface area contributed by atoms with Gasteiger partial charge in [0.05, 0.1) is 11.7 Å². The van der Waals surface area contributed by atoms with Crippen LogP contribution in [0.4, 0.5) is 13.6 Å². The zero-order valence-corrected chi connectivity index (χ0v) is 19.0. The monoisotopic (exact) mass is 462 g/mol. The second kappa shape index (κ2) is 9.51. The largest absolute Gasteiger partial charge is 0.444 e. The van der Waals surface area contributed by atoms with Crippen molar-refractivity contribution >= 4 is 16.9 Å². The van der Waals surface area contributed by atoms with Crippen LogP contribution in [0.2, 0.25) is 0 Å². The fraction of sp³-hybridized carbons (Fsp3) is 0.231. The third-order valence-electron chi connectivity index (χ3n) is 5.10. The van der Waals surface area contributed by atoms with Gasteiger partial charge in [-0.05, 0) is 61.9 Å². The molecule has 1 N–H and O–H groups in total. The highest BCUT2D eigenvalue weighted by Gasteiger charge is 2.25. The molecule has 0 aliphatic heterocycles. The molecule has 2 aromatic carbocycles. The molecule has 0 spiro atoms. The summed E-state index contributed by atoms with van der Waals surface area (Å²) in [6.45, 7) is 5.26. The van der Waals surface area contributed by atoms with Crippen LogP contribution in [0.5, 0.6) is 0 Å². The van der Waals surface area contributed by atoms with E-state index in [1.165, 1.54) is 18.5 Å². The van der Waals surface area contributed by atoms with Gasteiger partial charge in [-0.15, -0.1) is 0 Å². The summed E-state index contributed by atoms with van der Waals surface area (Å²) in [4.78, 5) is 25.5. The van der Waals surface area contributed by atoms with Crippen LogP contribution in [0, 0.1) is 11.6 Å². The maximum Gasteiger partial charge on any atom is 0.408 e. The van der Waals surface area contributed by atoms with E-state index < -0.39 is 29.4 Å². The molecular formula is C26H24F2N4O2. The Morgan fingerprint density at radius 2 is 1.79 bits per heavy atom. The summed E-state index contributed by atoms with van der Waals surface area (Å²) >= 11 is 0. The molecule has 1 atom stereocenters. The first kappa shape index (κ1) is 23.2. The second-order valence-electron chi connectivity index (χ2n) is 8.90. The van der Waals surface area contributed by atoms with Gasteiger partial charge in [0.15, 0.2) is 0 Å². The number of rotatable bonds is 5. The fourth-order valence-electron chi connectivity index (χ4n) is 3.81. The molecule has 2 aromatic heterocycles. The smallest absolute Gasteiger partial charge is 0.408 e. The van der Waals surface area contributed by atoms with Gasteiger partial charge in [-0.1, -0.05) is 18.2 Å². The summed E-state index contributed by atoms with van der Waals surface area (Å²) in [6.07, 6.45) is 5.91. The van der Waals surface area contributed by atoms with Crippen LogP contribution in [-0.4, -0.2) is 26.6 Å². The maximum atomic E-state index is 13.9. The number of amides is 1. The number of hydrogen-bond acceptors (Lipinski definition) is 5. The zero-order valence-electron chi connectivity index (χ0n) is 19.0. The Bertz CT molecular complexity index is 1310. The van der Waals surface area contributed by atoms with E-state index in [1.54, 1.807) is 39.4 Å². The van der Waals surface area contributed by atoms with E-state index in [0.717, 1.165) is 22.4 Å². The molecule has 34 heavy (non-hydrogen) atoms. The Kier molecular flexibility index (Phi) is 6.49. The molecule has 0 aliphatic rings. The summed E-state index contributed by atoms with van der Waals surface area (Å²) in [6, 6.07) is 10.2. The molecule has 0 aliphatic carbocycles. The van der Waals surface area contributed by atoms with E-state index in [0.29, 0.717) is 16.8 Å². The van der Waals surface area contributed by atoms with Gasteiger partial charge in [-0.2, -0.15) is 0 Å². The molecule has 1 unspecified atom stereocenters. The molecule has 2 heterocycles. The number of alkyl carbamates (subject to hydrolysis) is 1. The Balaban J connectivity index is 1.80. The van der Waals surface area contributed by atoms with Crippen LogP contribution in [-0.2, 0) is 11.2 Å². The number of aromatic nitrogens is 3. The first-order valence-corrected chi connectivity index (χ1v) is 10.8. The topological polar surface area (TPSA) is 77.0 Å². The highest BCUT2D eigenvalue weighted by atomic mass is 19.1. The van der Waals surface area contributed by atoms with Crippen molar-refractivity contribution in [2.24, 2.45) is 0 Å². The van der Waals surface area contributed by atoms with Crippen molar-refractivity contribution in [3.8, 4) is 11.1 Å². The third-order valence-corrected chi connectivity index (χ3v) is 5.10.